The van der Waals surface area contributed by atoms with Gasteiger partial charge in [-0.3, -0.25) is 9.78 Å². The van der Waals surface area contributed by atoms with Gasteiger partial charge >= 0.3 is 5.97 Å². The zero-order valence-corrected chi connectivity index (χ0v) is 20.1. The number of aromatic nitrogens is 1. The summed E-state index contributed by atoms with van der Waals surface area (Å²) in [6, 6.07) is 13.6. The SMILES string of the molecule is CCCCCCCC[C@H]1CC[C@H](C(=O)Oc2ccc(CCc3ccc(C#N)cc3)nc2)CC1. The third-order valence-corrected chi connectivity index (χ3v) is 6.91. The maximum absolute atomic E-state index is 12.6. The summed E-state index contributed by atoms with van der Waals surface area (Å²) in [5, 5.41) is 8.89. The molecule has 1 aromatic carbocycles. The van der Waals surface area contributed by atoms with Crippen molar-refractivity contribution in [2.75, 3.05) is 0 Å². The number of nitrogens with zero attached hydrogens (tertiary/aromatic N) is 2. The highest BCUT2D eigenvalue weighted by Gasteiger charge is 2.27. The Kier molecular flexibility index (Phi) is 10.4. The van der Waals surface area contributed by atoms with Crippen LogP contribution in [0, 0.1) is 23.2 Å². The van der Waals surface area contributed by atoms with Gasteiger partial charge in [0, 0.05) is 5.69 Å². The molecule has 1 aliphatic rings. The van der Waals surface area contributed by atoms with Crippen molar-refractivity contribution in [3.63, 3.8) is 0 Å². The molecule has 3 rings (SSSR count). The average molecular weight is 447 g/mol. The fraction of sp³-hybridized carbons (Fsp3) is 0.552. The van der Waals surface area contributed by atoms with E-state index in [9.17, 15) is 4.79 Å². The zero-order valence-electron chi connectivity index (χ0n) is 20.1. The number of ether oxygens (including phenoxy) is 1. The summed E-state index contributed by atoms with van der Waals surface area (Å²) < 4.78 is 5.64. The Hall–Kier alpha value is -2.67. The monoisotopic (exact) mass is 446 g/mol. The Balaban J connectivity index is 1.34. The molecular weight excluding hydrogens is 408 g/mol. The molecule has 1 heterocycles. The Labute approximate surface area is 199 Å². The van der Waals surface area contributed by atoms with Gasteiger partial charge in [0.25, 0.3) is 0 Å². The second-order valence-corrected chi connectivity index (χ2v) is 9.49. The van der Waals surface area contributed by atoms with Crippen molar-refractivity contribution in [3.05, 3.63) is 59.4 Å². The van der Waals surface area contributed by atoms with Crippen LogP contribution < -0.4 is 4.74 Å². The third kappa shape index (κ3) is 8.65. The number of carbonyl (C=O) groups excluding carboxylic acids is 1. The van der Waals surface area contributed by atoms with Crippen LogP contribution in [0.1, 0.15) is 94.4 Å². The van der Waals surface area contributed by atoms with Crippen LogP contribution in [0.2, 0.25) is 0 Å². The number of esters is 1. The zero-order chi connectivity index (χ0) is 23.3. The highest BCUT2D eigenvalue weighted by Crippen LogP contribution is 2.33. The van der Waals surface area contributed by atoms with Crippen LogP contribution in [0.3, 0.4) is 0 Å². The molecule has 0 atom stereocenters. The predicted molar refractivity (Wildman–Crippen MR) is 132 cm³/mol. The van der Waals surface area contributed by atoms with Crippen LogP contribution in [-0.2, 0) is 17.6 Å². The molecular formula is C29H38N2O2. The van der Waals surface area contributed by atoms with Gasteiger partial charge in [0.15, 0.2) is 0 Å². The minimum Gasteiger partial charge on any atom is -0.425 e. The molecule has 4 heteroatoms. The van der Waals surface area contributed by atoms with Crippen LogP contribution in [0.5, 0.6) is 5.75 Å². The van der Waals surface area contributed by atoms with Crippen LogP contribution in [0.15, 0.2) is 42.6 Å². The van der Waals surface area contributed by atoms with E-state index in [-0.39, 0.29) is 11.9 Å². The summed E-state index contributed by atoms with van der Waals surface area (Å²) in [5.41, 5.74) is 2.82. The van der Waals surface area contributed by atoms with Crippen molar-refractivity contribution in [2.24, 2.45) is 11.8 Å². The summed E-state index contributed by atoms with van der Waals surface area (Å²) in [7, 11) is 0. The van der Waals surface area contributed by atoms with E-state index in [1.165, 1.54) is 50.5 Å². The van der Waals surface area contributed by atoms with E-state index in [0.717, 1.165) is 50.1 Å². The predicted octanol–water partition coefficient (Wildman–Crippen LogP) is 7.20. The normalized spacial score (nSPS) is 17.9. The lowest BCUT2D eigenvalue weighted by molar-refractivity contribution is -0.140. The molecule has 1 aliphatic carbocycles. The Morgan fingerprint density at radius 1 is 0.970 bits per heavy atom. The second-order valence-electron chi connectivity index (χ2n) is 9.49. The van der Waals surface area contributed by atoms with Crippen molar-refractivity contribution in [1.82, 2.24) is 4.98 Å². The van der Waals surface area contributed by atoms with Gasteiger partial charge in [-0.05, 0) is 74.3 Å². The molecule has 33 heavy (non-hydrogen) atoms. The fourth-order valence-corrected chi connectivity index (χ4v) is 4.74. The highest BCUT2D eigenvalue weighted by molar-refractivity contribution is 5.75. The topological polar surface area (TPSA) is 63.0 Å². The van der Waals surface area contributed by atoms with Crippen LogP contribution >= 0.6 is 0 Å². The number of nitriles is 1. The second kappa shape index (κ2) is 13.8. The minimum atomic E-state index is -0.0971. The summed E-state index contributed by atoms with van der Waals surface area (Å²) in [6.07, 6.45) is 17.0. The molecule has 0 unspecified atom stereocenters. The maximum Gasteiger partial charge on any atom is 0.314 e. The standard InChI is InChI=1S/C29H38N2O2/c1-2-3-4-5-6-7-8-23-13-16-26(17-14-23)29(32)33-28-20-19-27(31-22-28)18-15-24-9-11-25(21-30)12-10-24/h9-12,19-20,22-23,26H,2-8,13-18H2,1H3/t23-,26-. The molecule has 0 radical (unpaired) electrons. The number of carbonyl (C=O) groups is 1. The molecule has 4 nitrogen and oxygen atoms in total. The van der Waals surface area contributed by atoms with Crippen molar-refractivity contribution >= 4 is 5.97 Å². The van der Waals surface area contributed by atoms with E-state index in [2.05, 4.69) is 18.0 Å². The van der Waals surface area contributed by atoms with Gasteiger partial charge in [-0.25, -0.2) is 0 Å². The lowest BCUT2D eigenvalue weighted by Gasteiger charge is -2.27. The molecule has 1 saturated carbocycles. The van der Waals surface area contributed by atoms with Gasteiger partial charge < -0.3 is 4.74 Å². The van der Waals surface area contributed by atoms with Crippen molar-refractivity contribution < 1.29 is 9.53 Å². The minimum absolute atomic E-state index is 0.0295. The molecule has 0 spiro atoms. The number of rotatable bonds is 12. The molecule has 176 valence electrons. The molecule has 0 N–H and O–H groups in total. The summed E-state index contributed by atoms with van der Waals surface area (Å²) in [5.74, 6) is 1.26. The molecule has 1 aromatic heterocycles. The van der Waals surface area contributed by atoms with Crippen LogP contribution in [-0.4, -0.2) is 11.0 Å². The van der Waals surface area contributed by atoms with Crippen LogP contribution in [0.4, 0.5) is 0 Å². The van der Waals surface area contributed by atoms with E-state index >= 15 is 0 Å². The van der Waals surface area contributed by atoms with Gasteiger partial charge in [-0.1, -0.05) is 64.0 Å². The van der Waals surface area contributed by atoms with Crippen LogP contribution in [0.25, 0.3) is 0 Å². The first-order valence-electron chi connectivity index (χ1n) is 12.8. The highest BCUT2D eigenvalue weighted by atomic mass is 16.5. The fourth-order valence-electron chi connectivity index (χ4n) is 4.74. The average Bonchev–Trinajstić information content (AvgIpc) is 2.86. The van der Waals surface area contributed by atoms with Gasteiger partial charge in [0.1, 0.15) is 5.75 Å². The molecule has 2 aromatic rings. The first kappa shape index (κ1) is 25.0. The number of hydrogen-bond donors (Lipinski definition) is 0. The third-order valence-electron chi connectivity index (χ3n) is 6.91. The first-order chi connectivity index (χ1) is 16.2. The Bertz CT molecular complexity index is 875. The molecule has 1 fully saturated rings. The van der Waals surface area contributed by atoms with Crippen molar-refractivity contribution in [3.8, 4) is 11.8 Å². The first-order valence-corrected chi connectivity index (χ1v) is 12.8. The van der Waals surface area contributed by atoms with Crippen molar-refractivity contribution in [2.45, 2.75) is 90.4 Å². The van der Waals surface area contributed by atoms with E-state index in [0.29, 0.717) is 11.3 Å². The number of pyridine rings is 1. The largest absolute Gasteiger partial charge is 0.425 e. The molecule has 0 amide bonds. The van der Waals surface area contributed by atoms with Gasteiger partial charge in [0.2, 0.25) is 0 Å². The summed E-state index contributed by atoms with van der Waals surface area (Å²) in [4.78, 5) is 17.1. The number of benzene rings is 1. The summed E-state index contributed by atoms with van der Waals surface area (Å²) >= 11 is 0. The van der Waals surface area contributed by atoms with E-state index in [1.807, 2.05) is 36.4 Å². The van der Waals surface area contributed by atoms with E-state index in [4.69, 9.17) is 10.00 Å². The quantitative estimate of drug-likeness (QED) is 0.255. The van der Waals surface area contributed by atoms with Crippen molar-refractivity contribution in [1.29, 1.82) is 5.26 Å². The van der Waals surface area contributed by atoms with Gasteiger partial charge in [0.05, 0.1) is 23.7 Å². The Morgan fingerprint density at radius 2 is 1.70 bits per heavy atom. The number of unbranched alkanes of at least 4 members (excludes halogenated alkanes) is 5. The molecule has 0 saturated heterocycles. The Morgan fingerprint density at radius 3 is 2.36 bits per heavy atom. The summed E-state index contributed by atoms with van der Waals surface area (Å²) in [6.45, 7) is 2.26. The lowest BCUT2D eigenvalue weighted by atomic mass is 9.80. The molecule has 0 aliphatic heterocycles. The number of aryl methyl sites for hydroxylation is 2. The van der Waals surface area contributed by atoms with E-state index in [1.54, 1.807) is 6.20 Å². The van der Waals surface area contributed by atoms with Gasteiger partial charge in [-0.15, -0.1) is 0 Å². The number of hydrogen-bond acceptors (Lipinski definition) is 4. The lowest BCUT2D eigenvalue weighted by Crippen LogP contribution is -2.25. The van der Waals surface area contributed by atoms with Gasteiger partial charge in [-0.2, -0.15) is 5.26 Å². The van der Waals surface area contributed by atoms with E-state index < -0.39 is 0 Å². The molecule has 0 bridgehead atoms. The smallest absolute Gasteiger partial charge is 0.314 e. The maximum atomic E-state index is 12.6.